The van der Waals surface area contributed by atoms with E-state index in [1.165, 1.54) is 6.42 Å². The van der Waals surface area contributed by atoms with Gasteiger partial charge in [-0.05, 0) is 55.9 Å². The number of pyridine rings is 2. The summed E-state index contributed by atoms with van der Waals surface area (Å²) in [5.74, 6) is 2.42. The first-order chi connectivity index (χ1) is 15.1. The Kier molecular flexibility index (Phi) is 5.28. The van der Waals surface area contributed by atoms with Gasteiger partial charge in [-0.2, -0.15) is 0 Å². The number of aldehydes is 1. The number of halogens is 1. The Morgan fingerprint density at radius 3 is 2.74 bits per heavy atom. The summed E-state index contributed by atoms with van der Waals surface area (Å²) < 4.78 is 6.28. The monoisotopic (exact) mass is 435 g/mol. The second kappa shape index (κ2) is 8.23. The van der Waals surface area contributed by atoms with E-state index in [4.69, 9.17) is 21.3 Å². The zero-order valence-corrected chi connectivity index (χ0v) is 17.9. The molecule has 0 radical (unpaired) electrons. The van der Waals surface area contributed by atoms with E-state index < -0.39 is 0 Å². The molecule has 3 aliphatic rings. The van der Waals surface area contributed by atoms with E-state index in [2.05, 4.69) is 19.9 Å². The minimum absolute atomic E-state index is 0.0181. The lowest BCUT2D eigenvalue weighted by atomic mass is 9.77. The van der Waals surface area contributed by atoms with E-state index in [-0.39, 0.29) is 12.1 Å². The summed E-state index contributed by atoms with van der Waals surface area (Å²) in [5.41, 5.74) is 1.96. The minimum Gasteiger partial charge on any atom is -0.472 e. The Morgan fingerprint density at radius 1 is 1.19 bits per heavy atom. The first-order valence-corrected chi connectivity index (χ1v) is 10.8. The van der Waals surface area contributed by atoms with Crippen molar-refractivity contribution in [1.29, 1.82) is 0 Å². The predicted molar refractivity (Wildman–Crippen MR) is 118 cm³/mol. The van der Waals surface area contributed by atoms with Crippen LogP contribution in [0.2, 0.25) is 5.02 Å². The molecule has 6 rings (SSSR count). The number of piperidine rings is 2. The molecule has 2 aliphatic heterocycles. The highest BCUT2D eigenvalue weighted by atomic mass is 35.5. The van der Waals surface area contributed by atoms with E-state index >= 15 is 0 Å². The zero-order chi connectivity index (χ0) is 21.4. The van der Waals surface area contributed by atoms with Crippen molar-refractivity contribution in [2.45, 2.75) is 38.3 Å². The van der Waals surface area contributed by atoms with Gasteiger partial charge in [-0.1, -0.05) is 11.6 Å². The summed E-state index contributed by atoms with van der Waals surface area (Å²) in [5, 5.41) is 0.588. The third-order valence-electron chi connectivity index (χ3n) is 6.09. The van der Waals surface area contributed by atoms with Crippen molar-refractivity contribution >= 4 is 23.7 Å². The molecule has 31 heavy (non-hydrogen) atoms. The first-order valence-electron chi connectivity index (χ1n) is 10.4. The first kappa shape index (κ1) is 19.9. The van der Waals surface area contributed by atoms with Crippen molar-refractivity contribution in [2.24, 2.45) is 5.92 Å². The molecule has 2 saturated heterocycles. The molecule has 1 aliphatic carbocycles. The number of nitrogens with zero attached hydrogens (tertiary/aromatic N) is 5. The van der Waals surface area contributed by atoms with Crippen LogP contribution in [0.3, 0.4) is 0 Å². The number of hydrogen-bond acceptors (Lipinski definition) is 7. The normalized spacial score (nSPS) is 22.4. The van der Waals surface area contributed by atoms with Crippen LogP contribution in [0, 0.1) is 12.8 Å². The number of ether oxygens (including phenoxy) is 1. The summed E-state index contributed by atoms with van der Waals surface area (Å²) >= 11 is 5.96. The average molecular weight is 436 g/mol. The smallest absolute Gasteiger partial charge is 0.213 e. The summed E-state index contributed by atoms with van der Waals surface area (Å²) in [6.45, 7) is 2.91. The molecular weight excluding hydrogens is 414 g/mol. The Labute approximate surface area is 185 Å². The number of anilines is 1. The number of carbonyl (C=O) groups is 1. The fraction of sp³-hybridized carbons (Fsp3) is 0.348. The van der Waals surface area contributed by atoms with Gasteiger partial charge in [0, 0.05) is 36.8 Å². The van der Waals surface area contributed by atoms with E-state index in [1.54, 1.807) is 30.7 Å². The molecule has 5 heterocycles. The Bertz CT molecular complexity index is 1090. The Morgan fingerprint density at radius 2 is 2.03 bits per heavy atom. The van der Waals surface area contributed by atoms with Crippen LogP contribution in [0.5, 0.6) is 5.88 Å². The molecule has 1 saturated carbocycles. The zero-order valence-electron chi connectivity index (χ0n) is 17.1. The topological polar surface area (TPSA) is 81.1 Å². The van der Waals surface area contributed by atoms with Crippen LogP contribution in [-0.2, 0) is 0 Å². The van der Waals surface area contributed by atoms with Crippen LogP contribution < -0.4 is 9.64 Å². The summed E-state index contributed by atoms with van der Waals surface area (Å²) in [6, 6.07) is 7.40. The third kappa shape index (κ3) is 3.85. The lowest BCUT2D eigenvalue weighted by molar-refractivity contribution is 0.0658. The van der Waals surface area contributed by atoms with Crippen molar-refractivity contribution in [1.82, 2.24) is 19.9 Å². The SMILES string of the molecule is Cc1cc(C=O)c(-c2ncccn2)nc1N1C[C@@H]2CC[C@H]1[C@H](Oc1ccc(Cl)cn1)C2. The number of hydrogen-bond donors (Lipinski definition) is 0. The maximum atomic E-state index is 11.7. The fourth-order valence-electron chi connectivity index (χ4n) is 4.69. The van der Waals surface area contributed by atoms with Gasteiger partial charge in [-0.15, -0.1) is 0 Å². The van der Waals surface area contributed by atoms with Crippen LogP contribution in [-0.4, -0.2) is 44.9 Å². The molecule has 0 amide bonds. The quantitative estimate of drug-likeness (QED) is 0.557. The van der Waals surface area contributed by atoms with Gasteiger partial charge in [0.15, 0.2) is 12.1 Å². The number of aryl methyl sites for hydroxylation is 1. The summed E-state index contributed by atoms with van der Waals surface area (Å²) in [6.07, 6.45) is 8.94. The van der Waals surface area contributed by atoms with E-state index in [0.717, 1.165) is 37.1 Å². The predicted octanol–water partition coefficient (Wildman–Crippen LogP) is 4.14. The standard InChI is InChI=1S/C23H22ClN5O2/c1-14-9-16(13-30)21(22-25-7-2-8-26-22)28-23(14)29-12-15-3-5-18(29)19(10-15)31-20-6-4-17(24)11-27-20/h2,4,6-9,11,13,15,18-19H,3,5,10,12H2,1H3/t15-,18+,19-/m1/s1. The van der Waals surface area contributed by atoms with E-state index in [0.29, 0.717) is 33.9 Å². The summed E-state index contributed by atoms with van der Waals surface area (Å²) in [7, 11) is 0. The van der Waals surface area contributed by atoms with Gasteiger partial charge in [0.2, 0.25) is 5.88 Å². The molecule has 0 aromatic carbocycles. The van der Waals surface area contributed by atoms with Crippen molar-refractivity contribution < 1.29 is 9.53 Å². The Hall–Kier alpha value is -3.06. The van der Waals surface area contributed by atoms with Crippen LogP contribution in [0.25, 0.3) is 11.5 Å². The maximum absolute atomic E-state index is 11.7. The molecular formula is C23H22ClN5O2. The number of carbonyl (C=O) groups excluding carboxylic acids is 1. The van der Waals surface area contributed by atoms with Gasteiger partial charge in [-0.3, -0.25) is 4.79 Å². The highest BCUT2D eigenvalue weighted by Crippen LogP contribution is 2.40. The van der Waals surface area contributed by atoms with Crippen molar-refractivity contribution in [3.05, 3.63) is 59.0 Å². The van der Waals surface area contributed by atoms with E-state index in [1.807, 2.05) is 19.1 Å². The van der Waals surface area contributed by atoms with Gasteiger partial charge in [0.1, 0.15) is 17.6 Å². The largest absolute Gasteiger partial charge is 0.472 e. The lowest BCUT2D eigenvalue weighted by Gasteiger charge is -2.50. The highest BCUT2D eigenvalue weighted by molar-refractivity contribution is 6.30. The van der Waals surface area contributed by atoms with Crippen LogP contribution in [0.15, 0.2) is 42.9 Å². The molecule has 3 aromatic rings. The van der Waals surface area contributed by atoms with Gasteiger partial charge < -0.3 is 9.64 Å². The van der Waals surface area contributed by atoms with Gasteiger partial charge in [0.05, 0.1) is 11.1 Å². The molecule has 3 fully saturated rings. The molecule has 2 bridgehead atoms. The lowest BCUT2D eigenvalue weighted by Crippen LogP contribution is -2.58. The van der Waals surface area contributed by atoms with Crippen LogP contribution in [0.1, 0.15) is 35.2 Å². The average Bonchev–Trinajstić information content (AvgIpc) is 2.81. The maximum Gasteiger partial charge on any atom is 0.213 e. The fourth-order valence-corrected chi connectivity index (χ4v) is 4.81. The second-order valence-corrected chi connectivity index (χ2v) is 8.56. The molecule has 8 heteroatoms. The van der Waals surface area contributed by atoms with Gasteiger partial charge in [-0.25, -0.2) is 19.9 Å². The minimum atomic E-state index is 0.0181. The number of fused-ring (bicyclic) bond motifs is 3. The molecule has 0 N–H and O–H groups in total. The molecule has 158 valence electrons. The van der Waals surface area contributed by atoms with Crippen molar-refractivity contribution in [3.8, 4) is 17.4 Å². The Balaban J connectivity index is 1.49. The summed E-state index contributed by atoms with van der Waals surface area (Å²) in [4.78, 5) is 31.8. The molecule has 0 unspecified atom stereocenters. The molecule has 7 nitrogen and oxygen atoms in total. The molecule has 3 atom stereocenters. The third-order valence-corrected chi connectivity index (χ3v) is 6.31. The van der Waals surface area contributed by atoms with Crippen molar-refractivity contribution in [2.75, 3.05) is 11.4 Å². The van der Waals surface area contributed by atoms with Gasteiger partial charge >= 0.3 is 0 Å². The van der Waals surface area contributed by atoms with Gasteiger partial charge in [0.25, 0.3) is 0 Å². The van der Waals surface area contributed by atoms with E-state index in [9.17, 15) is 4.79 Å². The second-order valence-electron chi connectivity index (χ2n) is 8.13. The van der Waals surface area contributed by atoms with Crippen LogP contribution in [0.4, 0.5) is 5.82 Å². The molecule has 0 spiro atoms. The van der Waals surface area contributed by atoms with Crippen molar-refractivity contribution in [3.63, 3.8) is 0 Å². The number of aromatic nitrogens is 4. The number of rotatable bonds is 5. The molecule has 3 aromatic heterocycles. The van der Waals surface area contributed by atoms with Crippen LogP contribution >= 0.6 is 11.6 Å². The highest BCUT2D eigenvalue weighted by Gasteiger charge is 2.43.